The Morgan fingerprint density at radius 3 is 2.58 bits per heavy atom. The second kappa shape index (κ2) is 7.47. The summed E-state index contributed by atoms with van der Waals surface area (Å²) in [5.74, 6) is 0.835. The lowest BCUT2D eigenvalue weighted by molar-refractivity contribution is 0.199. The summed E-state index contributed by atoms with van der Waals surface area (Å²) in [4.78, 5) is 0. The Balaban J connectivity index is 2.76. The van der Waals surface area contributed by atoms with Crippen molar-refractivity contribution in [3.8, 4) is 5.75 Å². The third-order valence-corrected chi connectivity index (χ3v) is 4.44. The van der Waals surface area contributed by atoms with Crippen LogP contribution in [-0.2, 0) is 26.9 Å². The van der Waals surface area contributed by atoms with Gasteiger partial charge in [-0.25, -0.2) is 8.42 Å². The minimum atomic E-state index is -3.11. The van der Waals surface area contributed by atoms with E-state index in [1.165, 1.54) is 0 Å². The molecule has 6 heteroatoms. The number of benzene rings is 1. The van der Waals surface area contributed by atoms with Gasteiger partial charge in [-0.15, -0.1) is 0 Å². The molecule has 0 heterocycles. The molecule has 0 bridgehead atoms. The van der Waals surface area contributed by atoms with E-state index in [1.54, 1.807) is 32.4 Å². The van der Waals surface area contributed by atoms with Crippen LogP contribution in [0.3, 0.4) is 0 Å². The zero-order valence-electron chi connectivity index (χ0n) is 11.4. The summed E-state index contributed by atoms with van der Waals surface area (Å²) in [7, 11) is 0.0112. The van der Waals surface area contributed by atoms with Gasteiger partial charge in [0.05, 0.1) is 18.6 Å². The van der Waals surface area contributed by atoms with Gasteiger partial charge < -0.3 is 15.2 Å². The van der Waals surface area contributed by atoms with Crippen LogP contribution < -0.4 is 10.5 Å². The third-order valence-electron chi connectivity index (χ3n) is 2.76. The minimum Gasteiger partial charge on any atom is -0.496 e. The van der Waals surface area contributed by atoms with Crippen molar-refractivity contribution in [3.63, 3.8) is 0 Å². The highest BCUT2D eigenvalue weighted by molar-refractivity contribution is 7.90. The molecule has 0 atom stereocenters. The normalized spacial score (nSPS) is 11.5. The first kappa shape index (κ1) is 15.9. The maximum absolute atomic E-state index is 11.9. The van der Waals surface area contributed by atoms with Crippen LogP contribution in [0.15, 0.2) is 18.2 Å². The monoisotopic (exact) mass is 287 g/mol. The highest BCUT2D eigenvalue weighted by atomic mass is 32.2. The van der Waals surface area contributed by atoms with Crippen molar-refractivity contribution in [2.75, 3.05) is 26.6 Å². The predicted octanol–water partition coefficient (Wildman–Crippen LogP) is 1.11. The number of methoxy groups -OCH3 is 2. The second-order valence-corrected chi connectivity index (χ2v) is 6.47. The summed E-state index contributed by atoms with van der Waals surface area (Å²) in [6, 6.07) is 5.29. The fraction of sp³-hybridized carbons (Fsp3) is 0.538. The molecule has 0 radical (unpaired) electrons. The van der Waals surface area contributed by atoms with E-state index in [2.05, 4.69) is 0 Å². The Hall–Kier alpha value is -1.11. The van der Waals surface area contributed by atoms with Crippen molar-refractivity contribution in [1.82, 2.24) is 0 Å². The molecule has 1 aromatic carbocycles. The number of ether oxygens (including phenoxy) is 2. The molecule has 0 spiro atoms. The SMILES string of the molecule is COCCCS(=O)(=O)Cc1ccc(OC)c(CN)c1. The lowest BCUT2D eigenvalue weighted by Crippen LogP contribution is -2.11. The molecule has 1 rings (SSSR count). The summed E-state index contributed by atoms with van der Waals surface area (Å²) in [5.41, 5.74) is 7.16. The van der Waals surface area contributed by atoms with Crippen LogP contribution in [0.4, 0.5) is 0 Å². The lowest BCUT2D eigenvalue weighted by Gasteiger charge is -2.09. The number of rotatable bonds is 8. The number of sulfone groups is 1. The molecular formula is C13H21NO4S. The van der Waals surface area contributed by atoms with Gasteiger partial charge in [0.2, 0.25) is 0 Å². The molecule has 108 valence electrons. The average molecular weight is 287 g/mol. The van der Waals surface area contributed by atoms with Crippen molar-refractivity contribution >= 4 is 9.84 Å². The molecule has 0 fully saturated rings. The van der Waals surface area contributed by atoms with E-state index in [0.29, 0.717) is 25.3 Å². The van der Waals surface area contributed by atoms with Crippen molar-refractivity contribution in [2.24, 2.45) is 5.73 Å². The van der Waals surface area contributed by atoms with Crippen LogP contribution in [0.1, 0.15) is 17.5 Å². The van der Waals surface area contributed by atoms with Gasteiger partial charge in [0, 0.05) is 25.8 Å². The van der Waals surface area contributed by atoms with E-state index in [0.717, 1.165) is 11.1 Å². The lowest BCUT2D eigenvalue weighted by atomic mass is 10.1. The Morgan fingerprint density at radius 1 is 1.26 bits per heavy atom. The fourth-order valence-corrected chi connectivity index (χ4v) is 3.22. The molecule has 0 amide bonds. The maximum Gasteiger partial charge on any atom is 0.154 e. The molecule has 5 nitrogen and oxygen atoms in total. The average Bonchev–Trinajstić information content (AvgIpc) is 2.38. The second-order valence-electron chi connectivity index (χ2n) is 4.29. The van der Waals surface area contributed by atoms with Gasteiger partial charge in [0.25, 0.3) is 0 Å². The first-order valence-electron chi connectivity index (χ1n) is 6.07. The van der Waals surface area contributed by atoms with Crippen LogP contribution in [0.5, 0.6) is 5.75 Å². The van der Waals surface area contributed by atoms with Crippen molar-refractivity contribution in [2.45, 2.75) is 18.7 Å². The molecule has 0 aliphatic rings. The van der Waals surface area contributed by atoms with Gasteiger partial charge in [-0.3, -0.25) is 0 Å². The van der Waals surface area contributed by atoms with Gasteiger partial charge in [-0.05, 0) is 24.1 Å². The highest BCUT2D eigenvalue weighted by Crippen LogP contribution is 2.20. The van der Waals surface area contributed by atoms with Crippen molar-refractivity contribution in [3.05, 3.63) is 29.3 Å². The zero-order valence-corrected chi connectivity index (χ0v) is 12.2. The summed E-state index contributed by atoms with van der Waals surface area (Å²) >= 11 is 0. The molecule has 0 unspecified atom stereocenters. The fourth-order valence-electron chi connectivity index (χ4n) is 1.83. The van der Waals surface area contributed by atoms with Crippen LogP contribution in [0.25, 0.3) is 0 Å². The molecule has 19 heavy (non-hydrogen) atoms. The van der Waals surface area contributed by atoms with Gasteiger partial charge >= 0.3 is 0 Å². The van der Waals surface area contributed by atoms with Crippen molar-refractivity contribution in [1.29, 1.82) is 0 Å². The number of hydrogen-bond acceptors (Lipinski definition) is 5. The smallest absolute Gasteiger partial charge is 0.154 e. The van der Waals surface area contributed by atoms with Crippen LogP contribution in [0.2, 0.25) is 0 Å². The van der Waals surface area contributed by atoms with Gasteiger partial charge in [0.15, 0.2) is 9.84 Å². The van der Waals surface area contributed by atoms with Crippen LogP contribution in [-0.4, -0.2) is 35.0 Å². The van der Waals surface area contributed by atoms with E-state index >= 15 is 0 Å². The zero-order chi connectivity index (χ0) is 14.3. The first-order chi connectivity index (χ1) is 9.02. The Bertz CT molecular complexity index is 499. The summed E-state index contributed by atoms with van der Waals surface area (Å²) in [6.07, 6.45) is 0.513. The number of hydrogen-bond donors (Lipinski definition) is 1. The summed E-state index contributed by atoms with van der Waals surface area (Å²) in [6.45, 7) is 0.774. The largest absolute Gasteiger partial charge is 0.496 e. The van der Waals surface area contributed by atoms with E-state index < -0.39 is 9.84 Å². The quantitative estimate of drug-likeness (QED) is 0.724. The predicted molar refractivity (Wildman–Crippen MR) is 74.9 cm³/mol. The summed E-state index contributed by atoms with van der Waals surface area (Å²) < 4.78 is 33.8. The molecule has 1 aromatic rings. The van der Waals surface area contributed by atoms with E-state index in [1.807, 2.05) is 0 Å². The Morgan fingerprint density at radius 2 is 2.00 bits per heavy atom. The topological polar surface area (TPSA) is 78.6 Å². The molecule has 0 saturated heterocycles. The molecule has 0 aliphatic heterocycles. The number of nitrogens with two attached hydrogens (primary N) is 1. The van der Waals surface area contributed by atoms with Gasteiger partial charge in [-0.1, -0.05) is 6.07 Å². The van der Waals surface area contributed by atoms with Crippen LogP contribution >= 0.6 is 0 Å². The van der Waals surface area contributed by atoms with Crippen molar-refractivity contribution < 1.29 is 17.9 Å². The third kappa shape index (κ3) is 5.18. The standard InChI is InChI=1S/C13H21NO4S/c1-17-6-3-7-19(15,16)10-11-4-5-13(18-2)12(8-11)9-14/h4-5,8H,3,6-7,9-10,14H2,1-2H3. The van der Waals surface area contributed by atoms with Gasteiger partial charge in [-0.2, -0.15) is 0 Å². The van der Waals surface area contributed by atoms with Crippen LogP contribution in [0, 0.1) is 0 Å². The molecule has 2 N–H and O–H groups in total. The van der Waals surface area contributed by atoms with Gasteiger partial charge in [0.1, 0.15) is 5.75 Å². The molecule has 0 saturated carbocycles. The van der Waals surface area contributed by atoms with E-state index in [9.17, 15) is 8.42 Å². The van der Waals surface area contributed by atoms with E-state index in [4.69, 9.17) is 15.2 Å². The molecule has 0 aliphatic carbocycles. The first-order valence-corrected chi connectivity index (χ1v) is 7.89. The Labute approximate surface area is 114 Å². The highest BCUT2D eigenvalue weighted by Gasteiger charge is 2.13. The minimum absolute atomic E-state index is 0.0215. The Kier molecular flexibility index (Phi) is 6.27. The van der Waals surface area contributed by atoms with E-state index in [-0.39, 0.29) is 11.5 Å². The summed E-state index contributed by atoms with van der Waals surface area (Å²) in [5, 5.41) is 0. The molecular weight excluding hydrogens is 266 g/mol. The molecule has 0 aromatic heterocycles. The maximum atomic E-state index is 11.9.